The highest BCUT2D eigenvalue weighted by Crippen LogP contribution is 2.46. The highest BCUT2D eigenvalue weighted by molar-refractivity contribution is 7.81. The molecule has 0 aliphatic carbocycles. The number of thiol groups is 4. The molecular formula is C14H22O4S4. The van der Waals surface area contributed by atoms with E-state index >= 15 is 0 Å². The maximum atomic E-state index is 5.74. The maximum Gasteiger partial charge on any atom is 0.208 e. The Bertz CT molecular complexity index is 435. The number of rotatable bonds is 8. The molecule has 126 valence electrons. The van der Waals surface area contributed by atoms with Crippen molar-refractivity contribution in [2.45, 2.75) is 49.4 Å². The largest absolute Gasteiger partial charge is 0.476 e. The zero-order valence-electron chi connectivity index (χ0n) is 12.9. The van der Waals surface area contributed by atoms with Gasteiger partial charge in [-0.1, -0.05) is 0 Å². The van der Waals surface area contributed by atoms with Crippen molar-refractivity contribution in [3.05, 3.63) is 12.1 Å². The summed E-state index contributed by atoms with van der Waals surface area (Å²) in [6.45, 7) is 7.19. The molecule has 4 unspecified atom stereocenters. The van der Waals surface area contributed by atoms with Crippen LogP contribution in [0.1, 0.15) is 27.7 Å². The predicted molar refractivity (Wildman–Crippen MR) is 103 cm³/mol. The van der Waals surface area contributed by atoms with Crippen LogP contribution in [-0.4, -0.2) is 21.7 Å². The van der Waals surface area contributed by atoms with Crippen LogP contribution in [0.3, 0.4) is 0 Å². The minimum atomic E-state index is -0.362. The lowest BCUT2D eigenvalue weighted by molar-refractivity contribution is 0.218. The minimum Gasteiger partial charge on any atom is -0.476 e. The van der Waals surface area contributed by atoms with Crippen LogP contribution in [0, 0.1) is 0 Å². The molecule has 0 radical (unpaired) electrons. The van der Waals surface area contributed by atoms with E-state index in [4.69, 9.17) is 18.9 Å². The molecule has 0 amide bonds. The summed E-state index contributed by atoms with van der Waals surface area (Å²) < 4.78 is 22.8. The molecule has 0 aromatic heterocycles. The lowest BCUT2D eigenvalue weighted by Crippen LogP contribution is -2.13. The highest BCUT2D eigenvalue weighted by atomic mass is 32.1. The van der Waals surface area contributed by atoms with E-state index in [1.807, 2.05) is 0 Å². The molecule has 1 rings (SSSR count). The van der Waals surface area contributed by atoms with Crippen LogP contribution < -0.4 is 18.9 Å². The van der Waals surface area contributed by atoms with Gasteiger partial charge in [-0.3, -0.25) is 0 Å². The molecule has 0 fully saturated rings. The molecule has 0 heterocycles. The van der Waals surface area contributed by atoms with E-state index in [0.717, 1.165) is 0 Å². The Morgan fingerprint density at radius 2 is 0.864 bits per heavy atom. The van der Waals surface area contributed by atoms with Gasteiger partial charge in [0.25, 0.3) is 0 Å². The number of benzene rings is 1. The van der Waals surface area contributed by atoms with E-state index in [1.54, 1.807) is 39.8 Å². The van der Waals surface area contributed by atoms with Gasteiger partial charge in [-0.2, -0.15) is 0 Å². The van der Waals surface area contributed by atoms with Crippen LogP contribution in [0.4, 0.5) is 0 Å². The van der Waals surface area contributed by atoms with Crippen LogP contribution in [0.2, 0.25) is 0 Å². The van der Waals surface area contributed by atoms with Gasteiger partial charge in [0.05, 0.1) is 0 Å². The standard InChI is InChI=1S/C14H22O4S4/c1-7(19)15-11-5-6-12(16-8(2)20)14(18-10(4)22)13(11)17-9(3)21/h5-10,19-22H,1-4H3. The number of hydrogen-bond acceptors (Lipinski definition) is 8. The average molecular weight is 383 g/mol. The summed E-state index contributed by atoms with van der Waals surface area (Å²) in [5.74, 6) is 1.78. The molecule has 0 aliphatic rings. The summed E-state index contributed by atoms with van der Waals surface area (Å²) >= 11 is 17.0. The van der Waals surface area contributed by atoms with E-state index in [2.05, 4.69) is 50.5 Å². The van der Waals surface area contributed by atoms with E-state index in [1.165, 1.54) is 0 Å². The summed E-state index contributed by atoms with van der Waals surface area (Å²) in [4.78, 5) is 0. The molecular weight excluding hydrogens is 360 g/mol. The zero-order valence-corrected chi connectivity index (χ0v) is 16.5. The van der Waals surface area contributed by atoms with Crippen molar-refractivity contribution in [1.82, 2.24) is 0 Å². The van der Waals surface area contributed by atoms with Gasteiger partial charge in [0.15, 0.2) is 11.5 Å². The van der Waals surface area contributed by atoms with Crippen molar-refractivity contribution in [2.75, 3.05) is 0 Å². The van der Waals surface area contributed by atoms with Gasteiger partial charge in [-0.15, -0.1) is 50.5 Å². The van der Waals surface area contributed by atoms with Crippen molar-refractivity contribution in [3.8, 4) is 23.0 Å². The SMILES string of the molecule is CC(S)Oc1ccc(OC(C)S)c(OC(C)S)c1OC(C)S. The van der Waals surface area contributed by atoms with Gasteiger partial charge < -0.3 is 18.9 Å². The Morgan fingerprint density at radius 1 is 0.591 bits per heavy atom. The molecule has 0 saturated heterocycles. The first-order chi connectivity index (χ1) is 10.2. The molecule has 8 heteroatoms. The summed E-state index contributed by atoms with van der Waals surface area (Å²) in [7, 11) is 0. The third-order valence-electron chi connectivity index (χ3n) is 2.21. The Kier molecular flexibility index (Phi) is 8.31. The van der Waals surface area contributed by atoms with Crippen LogP contribution in [0.5, 0.6) is 23.0 Å². The van der Waals surface area contributed by atoms with E-state index in [-0.39, 0.29) is 21.7 Å². The van der Waals surface area contributed by atoms with E-state index in [0.29, 0.717) is 23.0 Å². The fourth-order valence-electron chi connectivity index (χ4n) is 1.64. The van der Waals surface area contributed by atoms with Gasteiger partial charge in [-0.25, -0.2) is 0 Å². The van der Waals surface area contributed by atoms with Gasteiger partial charge in [-0.05, 0) is 39.8 Å². The Morgan fingerprint density at radius 3 is 1.09 bits per heavy atom. The Balaban J connectivity index is 3.36. The molecule has 0 bridgehead atoms. The lowest BCUT2D eigenvalue weighted by atomic mass is 10.2. The first-order valence-electron chi connectivity index (χ1n) is 6.76. The van der Waals surface area contributed by atoms with Gasteiger partial charge in [0.2, 0.25) is 11.5 Å². The van der Waals surface area contributed by atoms with Crippen molar-refractivity contribution < 1.29 is 18.9 Å². The summed E-state index contributed by atoms with van der Waals surface area (Å²) in [5.41, 5.74) is -1.35. The fourth-order valence-corrected chi connectivity index (χ4v) is 2.08. The molecule has 4 atom stereocenters. The van der Waals surface area contributed by atoms with Crippen LogP contribution in [-0.2, 0) is 0 Å². The third-order valence-corrected chi connectivity index (χ3v) is 2.63. The van der Waals surface area contributed by atoms with Crippen molar-refractivity contribution >= 4 is 50.5 Å². The molecule has 0 N–H and O–H groups in total. The topological polar surface area (TPSA) is 36.9 Å². The van der Waals surface area contributed by atoms with Crippen molar-refractivity contribution in [3.63, 3.8) is 0 Å². The monoisotopic (exact) mass is 382 g/mol. The smallest absolute Gasteiger partial charge is 0.208 e. The molecule has 1 aromatic rings. The van der Waals surface area contributed by atoms with Crippen molar-refractivity contribution in [1.29, 1.82) is 0 Å². The number of hydrogen-bond donors (Lipinski definition) is 4. The van der Waals surface area contributed by atoms with E-state index in [9.17, 15) is 0 Å². The van der Waals surface area contributed by atoms with E-state index < -0.39 is 0 Å². The second-order valence-corrected chi connectivity index (χ2v) is 7.50. The van der Waals surface area contributed by atoms with Gasteiger partial charge >= 0.3 is 0 Å². The predicted octanol–water partition coefficient (Wildman–Crippen LogP) is 4.31. The molecule has 0 aliphatic heterocycles. The summed E-state index contributed by atoms with van der Waals surface area (Å²) in [6, 6.07) is 3.47. The molecule has 1 aromatic carbocycles. The molecule has 22 heavy (non-hydrogen) atoms. The van der Waals surface area contributed by atoms with Crippen LogP contribution >= 0.6 is 50.5 Å². The van der Waals surface area contributed by atoms with Crippen LogP contribution in [0.25, 0.3) is 0 Å². The Labute approximate surface area is 153 Å². The number of ether oxygens (including phenoxy) is 4. The first kappa shape index (κ1) is 19.9. The summed E-state index contributed by atoms with van der Waals surface area (Å²) in [5, 5.41) is 0. The second-order valence-electron chi connectivity index (χ2n) is 4.59. The quantitative estimate of drug-likeness (QED) is 0.399. The van der Waals surface area contributed by atoms with Gasteiger partial charge in [0, 0.05) is 0 Å². The second kappa shape index (κ2) is 9.20. The summed E-state index contributed by atoms with van der Waals surface area (Å²) in [6.07, 6.45) is 0. The lowest BCUT2D eigenvalue weighted by Gasteiger charge is -2.23. The molecule has 4 nitrogen and oxygen atoms in total. The average Bonchev–Trinajstić information content (AvgIpc) is 2.34. The van der Waals surface area contributed by atoms with Gasteiger partial charge in [0.1, 0.15) is 21.7 Å². The zero-order chi connectivity index (χ0) is 16.9. The molecule has 0 saturated carbocycles. The minimum absolute atomic E-state index is 0.311. The van der Waals surface area contributed by atoms with Crippen molar-refractivity contribution in [2.24, 2.45) is 0 Å². The third kappa shape index (κ3) is 6.52. The maximum absolute atomic E-state index is 5.74. The normalized spacial score (nSPS) is 16.4. The fraction of sp³-hybridized carbons (Fsp3) is 0.571. The first-order valence-corrected chi connectivity index (χ1v) is 8.83. The highest BCUT2D eigenvalue weighted by Gasteiger charge is 2.22. The van der Waals surface area contributed by atoms with Crippen LogP contribution in [0.15, 0.2) is 12.1 Å². The molecule has 0 spiro atoms. The Hall–Kier alpha value is -0.180.